The summed E-state index contributed by atoms with van der Waals surface area (Å²) in [4.78, 5) is 14.6. The molecular weight excluding hydrogens is 346 g/mol. The second-order valence-corrected chi connectivity index (χ2v) is 7.54. The highest BCUT2D eigenvalue weighted by atomic mass is 35.5. The topological polar surface area (TPSA) is 29.5 Å². The minimum Gasteiger partial charge on any atom is -0.481 e. The van der Waals surface area contributed by atoms with Gasteiger partial charge in [0.05, 0.1) is 0 Å². The Kier molecular flexibility index (Phi) is 6.20. The molecule has 1 unspecified atom stereocenters. The van der Waals surface area contributed by atoms with Crippen molar-refractivity contribution < 1.29 is 9.53 Å². The van der Waals surface area contributed by atoms with Crippen LogP contribution < -0.4 is 4.74 Å². The van der Waals surface area contributed by atoms with Crippen LogP contribution in [-0.4, -0.2) is 30.0 Å². The standard InChI is InChI=1S/C22H26ClNO2/c1-16-14-20(8-9-21(16)23)26-17(2)22(25)24-12-10-19(11-13-24)15-18-6-4-3-5-7-18/h3-9,14,17,19H,10-13,15H2,1-2H3. The van der Waals surface area contributed by atoms with Crippen molar-refractivity contribution in [2.24, 2.45) is 5.92 Å². The first-order valence-electron chi connectivity index (χ1n) is 9.28. The number of ether oxygens (including phenoxy) is 1. The third-order valence-corrected chi connectivity index (χ3v) is 5.51. The van der Waals surface area contributed by atoms with E-state index in [4.69, 9.17) is 16.3 Å². The molecule has 2 aromatic carbocycles. The van der Waals surface area contributed by atoms with E-state index in [-0.39, 0.29) is 5.91 Å². The van der Waals surface area contributed by atoms with Crippen molar-refractivity contribution in [1.82, 2.24) is 4.90 Å². The van der Waals surface area contributed by atoms with Crippen molar-refractivity contribution in [3.63, 3.8) is 0 Å². The number of benzene rings is 2. The van der Waals surface area contributed by atoms with Gasteiger partial charge in [-0.3, -0.25) is 4.79 Å². The third-order valence-electron chi connectivity index (χ3n) is 5.08. The zero-order valence-electron chi connectivity index (χ0n) is 15.5. The van der Waals surface area contributed by atoms with Gasteiger partial charge in [0.25, 0.3) is 5.91 Å². The monoisotopic (exact) mass is 371 g/mol. The molecule has 1 saturated heterocycles. The average molecular weight is 372 g/mol. The molecule has 1 heterocycles. The Morgan fingerprint density at radius 1 is 1.19 bits per heavy atom. The van der Waals surface area contributed by atoms with Crippen molar-refractivity contribution in [2.75, 3.05) is 13.1 Å². The molecule has 1 atom stereocenters. The van der Waals surface area contributed by atoms with Gasteiger partial charge in [0, 0.05) is 18.1 Å². The molecule has 138 valence electrons. The summed E-state index contributed by atoms with van der Waals surface area (Å²) in [5.74, 6) is 1.40. The molecule has 3 nitrogen and oxygen atoms in total. The Labute approximate surface area is 160 Å². The summed E-state index contributed by atoms with van der Waals surface area (Å²) in [5.41, 5.74) is 2.33. The molecule has 1 fully saturated rings. The van der Waals surface area contributed by atoms with Crippen molar-refractivity contribution in [3.8, 4) is 5.75 Å². The number of aryl methyl sites for hydroxylation is 1. The number of hydrogen-bond donors (Lipinski definition) is 0. The van der Waals surface area contributed by atoms with Crippen molar-refractivity contribution in [1.29, 1.82) is 0 Å². The number of carbonyl (C=O) groups excluding carboxylic acids is 1. The molecule has 3 rings (SSSR count). The summed E-state index contributed by atoms with van der Waals surface area (Å²) in [6.07, 6.45) is 2.71. The van der Waals surface area contributed by atoms with Crippen LogP contribution in [0.25, 0.3) is 0 Å². The molecule has 0 N–H and O–H groups in total. The molecule has 1 aliphatic heterocycles. The molecule has 0 bridgehead atoms. The first-order chi connectivity index (χ1) is 12.5. The van der Waals surface area contributed by atoms with Crippen LogP contribution in [0.2, 0.25) is 5.02 Å². The lowest BCUT2D eigenvalue weighted by Gasteiger charge is -2.33. The molecule has 1 amide bonds. The van der Waals surface area contributed by atoms with E-state index in [0.29, 0.717) is 16.7 Å². The smallest absolute Gasteiger partial charge is 0.263 e. The lowest BCUT2D eigenvalue weighted by molar-refractivity contribution is -0.139. The van der Waals surface area contributed by atoms with Gasteiger partial charge in [0.15, 0.2) is 6.10 Å². The molecule has 0 aromatic heterocycles. The van der Waals surface area contributed by atoms with Gasteiger partial charge in [-0.05, 0) is 68.4 Å². The Hall–Kier alpha value is -2.00. The van der Waals surface area contributed by atoms with Crippen LogP contribution >= 0.6 is 11.6 Å². The van der Waals surface area contributed by atoms with E-state index in [1.165, 1.54) is 5.56 Å². The second-order valence-electron chi connectivity index (χ2n) is 7.13. The van der Waals surface area contributed by atoms with E-state index in [1.54, 1.807) is 6.07 Å². The Balaban J connectivity index is 1.50. The van der Waals surface area contributed by atoms with Gasteiger partial charge in [-0.15, -0.1) is 0 Å². The van der Waals surface area contributed by atoms with E-state index >= 15 is 0 Å². The Morgan fingerprint density at radius 3 is 2.54 bits per heavy atom. The van der Waals surface area contributed by atoms with Gasteiger partial charge in [-0.25, -0.2) is 0 Å². The predicted octanol–water partition coefficient (Wildman–Crippen LogP) is 4.90. The molecule has 0 saturated carbocycles. The number of amides is 1. The van der Waals surface area contributed by atoms with Gasteiger partial charge in [-0.1, -0.05) is 41.9 Å². The highest BCUT2D eigenvalue weighted by Crippen LogP contribution is 2.24. The van der Waals surface area contributed by atoms with Crippen LogP contribution in [0.5, 0.6) is 5.75 Å². The number of hydrogen-bond acceptors (Lipinski definition) is 2. The largest absolute Gasteiger partial charge is 0.481 e. The fraction of sp³-hybridized carbons (Fsp3) is 0.409. The van der Waals surface area contributed by atoms with Crippen LogP contribution in [0, 0.1) is 12.8 Å². The number of likely N-dealkylation sites (tertiary alicyclic amines) is 1. The zero-order chi connectivity index (χ0) is 18.5. The van der Waals surface area contributed by atoms with E-state index < -0.39 is 6.10 Å². The molecule has 0 spiro atoms. The highest BCUT2D eigenvalue weighted by molar-refractivity contribution is 6.31. The zero-order valence-corrected chi connectivity index (χ0v) is 16.2. The van der Waals surface area contributed by atoms with Crippen molar-refractivity contribution in [3.05, 3.63) is 64.7 Å². The van der Waals surface area contributed by atoms with Gasteiger partial charge < -0.3 is 9.64 Å². The predicted molar refractivity (Wildman–Crippen MR) is 106 cm³/mol. The first-order valence-corrected chi connectivity index (χ1v) is 9.66. The molecule has 2 aromatic rings. The van der Waals surface area contributed by atoms with Crippen LogP contribution in [0.4, 0.5) is 0 Å². The van der Waals surface area contributed by atoms with Crippen molar-refractivity contribution in [2.45, 2.75) is 39.2 Å². The second kappa shape index (κ2) is 8.59. The number of halogens is 1. The first kappa shape index (κ1) is 18.8. The molecular formula is C22H26ClNO2. The van der Waals surface area contributed by atoms with Crippen LogP contribution in [0.3, 0.4) is 0 Å². The van der Waals surface area contributed by atoms with Gasteiger partial charge in [-0.2, -0.15) is 0 Å². The van der Waals surface area contributed by atoms with E-state index in [0.717, 1.165) is 37.9 Å². The number of rotatable bonds is 5. The molecule has 1 aliphatic rings. The maximum atomic E-state index is 12.7. The van der Waals surface area contributed by atoms with Gasteiger partial charge in [0.2, 0.25) is 0 Å². The Bertz CT molecular complexity index is 739. The molecule has 0 radical (unpaired) electrons. The normalized spacial score (nSPS) is 16.3. The van der Waals surface area contributed by atoms with Crippen LogP contribution in [0.1, 0.15) is 30.9 Å². The summed E-state index contributed by atoms with van der Waals surface area (Å²) in [6, 6.07) is 16.1. The maximum Gasteiger partial charge on any atom is 0.263 e. The molecule has 0 aliphatic carbocycles. The number of carbonyl (C=O) groups is 1. The quantitative estimate of drug-likeness (QED) is 0.748. The van der Waals surface area contributed by atoms with Crippen molar-refractivity contribution >= 4 is 17.5 Å². The SMILES string of the molecule is Cc1cc(OC(C)C(=O)N2CCC(Cc3ccccc3)CC2)ccc1Cl. The van der Waals surface area contributed by atoms with Crippen LogP contribution in [0.15, 0.2) is 48.5 Å². The lowest BCUT2D eigenvalue weighted by atomic mass is 9.90. The summed E-state index contributed by atoms with van der Waals surface area (Å²) in [7, 11) is 0. The fourth-order valence-corrected chi connectivity index (χ4v) is 3.62. The minimum atomic E-state index is -0.485. The maximum absolute atomic E-state index is 12.7. The third kappa shape index (κ3) is 4.79. The summed E-state index contributed by atoms with van der Waals surface area (Å²) < 4.78 is 5.84. The number of nitrogens with zero attached hydrogens (tertiary/aromatic N) is 1. The summed E-state index contributed by atoms with van der Waals surface area (Å²) in [5, 5.41) is 0.705. The van der Waals surface area contributed by atoms with E-state index in [1.807, 2.05) is 36.9 Å². The molecule has 4 heteroatoms. The minimum absolute atomic E-state index is 0.0655. The average Bonchev–Trinajstić information content (AvgIpc) is 2.65. The lowest BCUT2D eigenvalue weighted by Crippen LogP contribution is -2.45. The van der Waals surface area contributed by atoms with E-state index in [9.17, 15) is 4.79 Å². The van der Waals surface area contributed by atoms with E-state index in [2.05, 4.69) is 24.3 Å². The fourth-order valence-electron chi connectivity index (χ4n) is 3.51. The summed E-state index contributed by atoms with van der Waals surface area (Å²) in [6.45, 7) is 5.37. The highest BCUT2D eigenvalue weighted by Gasteiger charge is 2.27. The van der Waals surface area contributed by atoms with Gasteiger partial charge in [0.1, 0.15) is 5.75 Å². The van der Waals surface area contributed by atoms with Gasteiger partial charge >= 0.3 is 0 Å². The number of piperidine rings is 1. The summed E-state index contributed by atoms with van der Waals surface area (Å²) >= 11 is 6.04. The Morgan fingerprint density at radius 2 is 1.88 bits per heavy atom. The van der Waals surface area contributed by atoms with Crippen LogP contribution in [-0.2, 0) is 11.2 Å². The molecule has 26 heavy (non-hydrogen) atoms.